The summed E-state index contributed by atoms with van der Waals surface area (Å²) in [5, 5.41) is 25.0. The lowest BCUT2D eigenvalue weighted by atomic mass is 10.00. The van der Waals surface area contributed by atoms with Crippen molar-refractivity contribution in [2.24, 2.45) is 40.3 Å². The molecule has 0 bridgehead atoms. The third-order valence-corrected chi connectivity index (χ3v) is 3.59. The number of aliphatic carboxylic acids is 3. The van der Waals surface area contributed by atoms with E-state index in [4.69, 9.17) is 64.1 Å². The summed E-state index contributed by atoms with van der Waals surface area (Å²) in [6, 6.07) is 7.51. The van der Waals surface area contributed by atoms with Crippen molar-refractivity contribution in [3.8, 4) is 0 Å². The lowest BCUT2D eigenvalue weighted by Gasteiger charge is -2.19. The maximum absolute atomic E-state index is 12.5. The zero-order valence-electron chi connectivity index (χ0n) is 20.9. The van der Waals surface area contributed by atoms with Crippen molar-refractivity contribution < 1.29 is 34.5 Å². The fourth-order valence-electron chi connectivity index (χ4n) is 2.13. The molecule has 1 aromatic carbocycles. The number of unbranched alkanes of at least 4 members (excludes halogenated alkanes) is 1. The fraction of sp³-hybridized carbons (Fsp3) is 0.364. The van der Waals surface area contributed by atoms with E-state index in [0.717, 1.165) is 40.0 Å². The number of rotatable bonds is 7. The first-order chi connectivity index (χ1) is 16.5. The first-order valence-electron chi connectivity index (χ1n) is 10.5. The Kier molecular flexibility index (Phi) is 19.8. The largest absolute Gasteiger partial charge is 0.481 e. The fourth-order valence-corrected chi connectivity index (χ4v) is 2.13. The second-order valence-electron chi connectivity index (χ2n) is 7.10. The molecular weight excluding hydrogens is 474 g/mol. The minimum Gasteiger partial charge on any atom is -0.481 e. The Morgan fingerprint density at radius 2 is 1.08 bits per heavy atom. The number of amides is 1. The van der Waals surface area contributed by atoms with Gasteiger partial charge in [0.25, 0.3) is 17.9 Å². The van der Waals surface area contributed by atoms with Crippen LogP contribution >= 0.6 is 0 Å². The van der Waals surface area contributed by atoms with E-state index in [1.165, 1.54) is 5.56 Å². The number of carbonyl (C=O) groups is 4. The molecule has 0 heterocycles. The van der Waals surface area contributed by atoms with Crippen molar-refractivity contribution in [3.05, 3.63) is 52.9 Å². The number of nitrogens with one attached hydrogen (secondary N) is 1. The molecule has 0 aliphatic rings. The lowest BCUT2D eigenvalue weighted by Crippen LogP contribution is -2.37. The van der Waals surface area contributed by atoms with Gasteiger partial charge in [0.2, 0.25) is 5.91 Å². The van der Waals surface area contributed by atoms with Crippen molar-refractivity contribution in [2.75, 3.05) is 5.32 Å². The van der Waals surface area contributed by atoms with Gasteiger partial charge in [-0.25, -0.2) is 0 Å². The van der Waals surface area contributed by atoms with Gasteiger partial charge in [-0.15, -0.1) is 0 Å². The molecule has 0 aliphatic heterocycles. The minimum absolute atomic E-state index is 0.0991. The molecule has 0 unspecified atom stereocenters. The molecule has 16 N–H and O–H groups in total. The van der Waals surface area contributed by atoms with Crippen LogP contribution < -0.4 is 39.7 Å². The van der Waals surface area contributed by atoms with Crippen LogP contribution in [0.25, 0.3) is 0 Å². The van der Waals surface area contributed by atoms with Crippen molar-refractivity contribution in [2.45, 2.75) is 47.0 Å². The molecule has 0 spiro atoms. The van der Waals surface area contributed by atoms with Gasteiger partial charge in [0.1, 0.15) is 17.6 Å². The summed E-state index contributed by atoms with van der Waals surface area (Å²) in [5.74, 6) is -4.59. The summed E-state index contributed by atoms with van der Waals surface area (Å²) in [5.41, 5.74) is 35.0. The summed E-state index contributed by atoms with van der Waals surface area (Å²) in [6.07, 6.45) is 3.23. The van der Waals surface area contributed by atoms with Gasteiger partial charge in [0.15, 0.2) is 0 Å². The first-order valence-corrected chi connectivity index (χ1v) is 10.5. The second-order valence-corrected chi connectivity index (χ2v) is 7.10. The molecule has 0 aromatic heterocycles. The number of aryl methyl sites for hydroxylation is 1. The van der Waals surface area contributed by atoms with Crippen LogP contribution in [0.2, 0.25) is 0 Å². The van der Waals surface area contributed by atoms with Crippen LogP contribution in [0.4, 0.5) is 5.69 Å². The Hall–Kier alpha value is -4.62. The second kappa shape index (κ2) is 19.8. The molecule has 0 radical (unpaired) electrons. The Morgan fingerprint density at radius 1 is 0.750 bits per heavy atom. The maximum Gasteiger partial charge on any atom is 0.300 e. The Morgan fingerprint density at radius 3 is 1.36 bits per heavy atom. The smallest absolute Gasteiger partial charge is 0.300 e. The van der Waals surface area contributed by atoms with Crippen LogP contribution in [0, 0.1) is 5.92 Å². The van der Waals surface area contributed by atoms with Gasteiger partial charge in [-0.05, 0) is 30.5 Å². The summed E-state index contributed by atoms with van der Waals surface area (Å²) >= 11 is 0. The van der Waals surface area contributed by atoms with Crippen molar-refractivity contribution in [1.82, 2.24) is 0 Å². The third kappa shape index (κ3) is 21.2. The molecule has 0 saturated carbocycles. The van der Waals surface area contributed by atoms with E-state index in [2.05, 4.69) is 12.2 Å². The molecule has 204 valence electrons. The monoisotopic (exact) mass is 513 g/mol. The standard InChI is InChI=1S/C16H27N7O.3C2H4O2/c1-2-3-4-9-5-7-10(8-6-9)23-16(24)11(12(17)14(19)20)13(18)15(21)22;3*1-2(3)4/h5-8,11H,2-4,17-22H2,1H3,(H,23,24);3*1H3,(H,3,4). The van der Waals surface area contributed by atoms with E-state index in [1.54, 1.807) is 12.1 Å². The van der Waals surface area contributed by atoms with Gasteiger partial charge in [-0.2, -0.15) is 0 Å². The summed E-state index contributed by atoms with van der Waals surface area (Å²) < 4.78 is 0. The van der Waals surface area contributed by atoms with E-state index < -0.39 is 29.7 Å². The zero-order valence-corrected chi connectivity index (χ0v) is 20.9. The molecule has 1 rings (SSSR count). The van der Waals surface area contributed by atoms with Crippen molar-refractivity contribution >= 4 is 29.5 Å². The van der Waals surface area contributed by atoms with Gasteiger partial charge < -0.3 is 55.0 Å². The van der Waals surface area contributed by atoms with Gasteiger partial charge in [0.05, 0.1) is 11.4 Å². The van der Waals surface area contributed by atoms with Gasteiger partial charge >= 0.3 is 0 Å². The predicted octanol–water partition coefficient (Wildman–Crippen LogP) is -0.0530. The average Bonchev–Trinajstić information content (AvgIpc) is 2.71. The molecule has 14 heteroatoms. The third-order valence-electron chi connectivity index (χ3n) is 3.59. The lowest BCUT2D eigenvalue weighted by molar-refractivity contribution is -0.135. The zero-order chi connectivity index (χ0) is 29.0. The first kappa shape index (κ1) is 36.0. The molecule has 36 heavy (non-hydrogen) atoms. The summed E-state index contributed by atoms with van der Waals surface area (Å²) in [6.45, 7) is 5.39. The van der Waals surface area contributed by atoms with Crippen molar-refractivity contribution in [3.63, 3.8) is 0 Å². The van der Waals surface area contributed by atoms with Gasteiger partial charge in [-0.3, -0.25) is 19.2 Å². The number of carboxylic acid groups (broad SMARTS) is 3. The molecule has 0 saturated heterocycles. The van der Waals surface area contributed by atoms with E-state index in [-0.39, 0.29) is 23.0 Å². The Bertz CT molecular complexity index is 841. The number of carboxylic acids is 3. The van der Waals surface area contributed by atoms with Crippen LogP contribution in [0.1, 0.15) is 46.1 Å². The molecule has 0 atom stereocenters. The van der Waals surface area contributed by atoms with Crippen LogP contribution in [0.5, 0.6) is 0 Å². The molecule has 0 aliphatic carbocycles. The Balaban J connectivity index is -0.000000753. The highest BCUT2D eigenvalue weighted by Crippen LogP contribution is 2.18. The van der Waals surface area contributed by atoms with Crippen LogP contribution in [-0.4, -0.2) is 39.1 Å². The number of nitrogens with two attached hydrogens (primary N) is 6. The predicted molar refractivity (Wildman–Crippen MR) is 136 cm³/mol. The topological polar surface area (TPSA) is 297 Å². The van der Waals surface area contributed by atoms with Gasteiger partial charge in [-0.1, -0.05) is 25.5 Å². The van der Waals surface area contributed by atoms with E-state index in [0.29, 0.717) is 5.69 Å². The minimum atomic E-state index is -1.14. The number of carbonyl (C=O) groups excluding carboxylic acids is 1. The number of anilines is 1. The SMILES string of the molecule is CC(=O)O.CC(=O)O.CC(=O)O.CCCCc1ccc(NC(=O)C(C(N)=C(N)N)C(N)=C(N)N)cc1. The van der Waals surface area contributed by atoms with Crippen molar-refractivity contribution in [1.29, 1.82) is 0 Å². The quantitative estimate of drug-likeness (QED) is 0.229. The number of hydrogen-bond acceptors (Lipinski definition) is 10. The number of benzene rings is 1. The maximum atomic E-state index is 12.5. The summed E-state index contributed by atoms with van der Waals surface area (Å²) in [4.78, 5) is 39.5. The molecular formula is C22H39N7O7. The average molecular weight is 514 g/mol. The van der Waals surface area contributed by atoms with E-state index >= 15 is 0 Å². The van der Waals surface area contributed by atoms with Gasteiger partial charge in [0, 0.05) is 26.5 Å². The molecule has 0 fully saturated rings. The van der Waals surface area contributed by atoms with Crippen LogP contribution in [-0.2, 0) is 25.6 Å². The highest BCUT2D eigenvalue weighted by atomic mass is 16.4. The van der Waals surface area contributed by atoms with E-state index in [1.807, 2.05) is 12.1 Å². The van der Waals surface area contributed by atoms with Crippen LogP contribution in [0.3, 0.4) is 0 Å². The Labute approximate surface area is 210 Å². The molecule has 14 nitrogen and oxygen atoms in total. The molecule has 1 aromatic rings. The molecule has 1 amide bonds. The van der Waals surface area contributed by atoms with E-state index in [9.17, 15) is 4.79 Å². The highest BCUT2D eigenvalue weighted by Gasteiger charge is 2.27. The normalized spacial score (nSPS) is 8.92. The van der Waals surface area contributed by atoms with Crippen LogP contribution in [0.15, 0.2) is 47.3 Å². The number of hydrogen-bond donors (Lipinski definition) is 10. The summed E-state index contributed by atoms with van der Waals surface area (Å²) in [7, 11) is 0. The highest BCUT2D eigenvalue weighted by molar-refractivity contribution is 5.96.